The fourth-order valence-corrected chi connectivity index (χ4v) is 9.34. The van der Waals surface area contributed by atoms with Gasteiger partial charge in [-0.1, -0.05) is 0 Å². The molecule has 0 N–H and O–H groups in total. The van der Waals surface area contributed by atoms with E-state index in [-0.39, 0.29) is 25.7 Å². The first-order valence-corrected chi connectivity index (χ1v) is 23.2. The van der Waals surface area contributed by atoms with E-state index in [0.29, 0.717) is 37.0 Å². The normalized spacial score (nSPS) is 18.8. The Morgan fingerprint density at radius 1 is 0.980 bits per heavy atom. The quantitative estimate of drug-likeness (QED) is 0.107. The van der Waals surface area contributed by atoms with Crippen molar-refractivity contribution in [2.24, 2.45) is 0 Å². The van der Waals surface area contributed by atoms with Gasteiger partial charge in [0.25, 0.3) is 0 Å². The minimum atomic E-state index is -1.40. The molecule has 1 saturated heterocycles. The molecular weight excluding hydrogens is 714 g/mol. The number of carbonyl (C=O) groups is 2. The molecule has 0 aromatic heterocycles. The zero-order chi connectivity index (χ0) is 36.5. The third-order valence-electron chi connectivity index (χ3n) is 8.54. The van der Waals surface area contributed by atoms with Crippen molar-refractivity contribution in [3.05, 3.63) is 113 Å². The Balaban J connectivity index is 1.68. The number of carbonyl (C=O) groups excluding carboxylic acids is 2. The van der Waals surface area contributed by atoms with E-state index in [9.17, 15) is 9.59 Å². The van der Waals surface area contributed by atoms with Crippen LogP contribution in [0.2, 0.25) is 25.7 Å². The summed E-state index contributed by atoms with van der Waals surface area (Å²) in [4.78, 5) is 27.0. The number of hydrogen-bond donors (Lipinski definition) is 0. The summed E-state index contributed by atoms with van der Waals surface area (Å²) < 4.78 is 41.8. The van der Waals surface area contributed by atoms with Gasteiger partial charge in [0.15, 0.2) is 0 Å². The number of halogens is 1. The second-order valence-corrected chi connectivity index (χ2v) is 23.0. The number of unbranched alkanes of at least 4 members (excludes halogenated alkanes) is 1. The summed E-state index contributed by atoms with van der Waals surface area (Å²) in [5, 5.41) is 0. The predicted molar refractivity (Wildman–Crippen MR) is 202 cm³/mol. The number of hydrogen-bond acceptors (Lipinski definition) is 6. The van der Waals surface area contributed by atoms with Crippen molar-refractivity contribution >= 4 is 39.4 Å². The molecule has 3 aromatic rings. The van der Waals surface area contributed by atoms with E-state index in [2.05, 4.69) is 37.8 Å². The van der Waals surface area contributed by atoms with Crippen molar-refractivity contribution in [3.8, 4) is 0 Å². The summed E-state index contributed by atoms with van der Waals surface area (Å²) >= 11 is -0.0647. The Bertz CT molecular complexity index is 1600. The summed E-state index contributed by atoms with van der Waals surface area (Å²) in [6, 6.07) is 23.9. The van der Waals surface area contributed by atoms with E-state index >= 15 is 4.39 Å². The Hall–Kier alpha value is -3.07. The van der Waals surface area contributed by atoms with Crippen molar-refractivity contribution < 1.29 is 32.9 Å². The molecule has 2 unspecified atom stereocenters. The van der Waals surface area contributed by atoms with Crippen LogP contribution >= 0.6 is 0 Å². The average Bonchev–Trinajstić information content (AvgIpc) is 3.37. The molecule has 1 heterocycles. The van der Waals surface area contributed by atoms with Crippen molar-refractivity contribution in [1.82, 2.24) is 0 Å². The predicted octanol–water partition coefficient (Wildman–Crippen LogP) is 9.05. The van der Waals surface area contributed by atoms with Crippen molar-refractivity contribution in [2.75, 3.05) is 6.61 Å². The van der Waals surface area contributed by atoms with Gasteiger partial charge in [-0.05, 0) is 0 Å². The zero-order valence-corrected chi connectivity index (χ0v) is 33.5. The molecule has 1 aliphatic heterocycles. The van der Waals surface area contributed by atoms with E-state index in [1.165, 1.54) is 10.5 Å². The van der Waals surface area contributed by atoms with Gasteiger partial charge in [0.1, 0.15) is 0 Å². The summed E-state index contributed by atoms with van der Waals surface area (Å²) in [5.41, 5.74) is 3.88. The van der Waals surface area contributed by atoms with Crippen LogP contribution in [0.15, 0.2) is 84.7 Å². The van der Waals surface area contributed by atoms with Crippen LogP contribution in [0.3, 0.4) is 0 Å². The molecule has 0 aliphatic carbocycles. The van der Waals surface area contributed by atoms with Gasteiger partial charge in [0.2, 0.25) is 0 Å². The molecule has 0 saturated carbocycles. The van der Waals surface area contributed by atoms with Crippen molar-refractivity contribution in [3.63, 3.8) is 0 Å². The Morgan fingerprint density at radius 3 is 2.28 bits per heavy atom. The van der Waals surface area contributed by atoms with E-state index in [1.54, 1.807) is 38.1 Å². The van der Waals surface area contributed by atoms with Gasteiger partial charge in [-0.3, -0.25) is 0 Å². The molecule has 1 aliphatic rings. The van der Waals surface area contributed by atoms with Gasteiger partial charge in [-0.2, -0.15) is 0 Å². The van der Waals surface area contributed by atoms with E-state index in [0.717, 1.165) is 29.2 Å². The molecule has 3 aromatic carbocycles. The van der Waals surface area contributed by atoms with Crippen LogP contribution in [0.1, 0.15) is 88.7 Å². The van der Waals surface area contributed by atoms with Crippen LogP contribution in [-0.4, -0.2) is 65.7 Å². The average molecular weight is 768 g/mol. The first-order valence-electron chi connectivity index (χ1n) is 17.6. The topological polar surface area (TPSA) is 71.1 Å². The van der Waals surface area contributed by atoms with Crippen LogP contribution in [0.25, 0.3) is 0 Å². The van der Waals surface area contributed by atoms with Gasteiger partial charge in [-0.25, -0.2) is 0 Å². The summed E-state index contributed by atoms with van der Waals surface area (Å²) in [6.45, 7) is 16.8. The molecule has 4 rings (SSSR count). The molecule has 4 atom stereocenters. The van der Waals surface area contributed by atoms with E-state index in [1.807, 2.05) is 51.1 Å². The van der Waals surface area contributed by atoms with E-state index < -0.39 is 44.0 Å². The second-order valence-electron chi connectivity index (χ2n) is 14.7. The third-order valence-corrected chi connectivity index (χ3v) is 13.0. The van der Waals surface area contributed by atoms with E-state index in [4.69, 9.17) is 18.9 Å². The first-order chi connectivity index (χ1) is 23.7. The van der Waals surface area contributed by atoms with Crippen molar-refractivity contribution in [1.29, 1.82) is 0 Å². The molecule has 1 fully saturated rings. The molecule has 0 amide bonds. The zero-order valence-electron chi connectivity index (χ0n) is 30.8. The maximum atomic E-state index is 16.0. The van der Waals surface area contributed by atoms with Crippen molar-refractivity contribution in [2.45, 2.75) is 115 Å². The van der Waals surface area contributed by atoms with Crippen LogP contribution in [0, 0.1) is 13.8 Å². The van der Waals surface area contributed by atoms with Gasteiger partial charge >= 0.3 is 306 Å². The van der Waals surface area contributed by atoms with Gasteiger partial charge < -0.3 is 0 Å². The number of esters is 2. The first kappa shape index (κ1) is 39.7. The number of allylic oxidation sites excluding steroid dienone is 1. The van der Waals surface area contributed by atoms with Gasteiger partial charge in [0.05, 0.1) is 0 Å². The van der Waals surface area contributed by atoms with Crippen LogP contribution in [0.4, 0.5) is 4.39 Å². The van der Waals surface area contributed by atoms with Gasteiger partial charge in [-0.15, -0.1) is 0 Å². The molecule has 50 heavy (non-hydrogen) atoms. The Kier molecular flexibility index (Phi) is 14.2. The van der Waals surface area contributed by atoms with Gasteiger partial charge in [0, 0.05) is 0 Å². The Morgan fingerprint density at radius 2 is 1.64 bits per heavy atom. The molecule has 0 bridgehead atoms. The molecule has 0 spiro atoms. The second kappa shape index (κ2) is 17.9. The van der Waals surface area contributed by atoms with Crippen LogP contribution < -0.4 is 4.46 Å². The fraction of sp³-hybridized carbons (Fsp3) is 0.463. The monoisotopic (exact) mass is 768 g/mol. The molecule has 270 valence electrons. The third kappa shape index (κ3) is 11.5. The minimum absolute atomic E-state index is 0.0261. The van der Waals surface area contributed by atoms with Crippen LogP contribution in [0.5, 0.6) is 0 Å². The molecular formula is C41H53FO6SeSi. The number of benzene rings is 3. The fourth-order valence-electron chi connectivity index (χ4n) is 6.09. The summed E-state index contributed by atoms with van der Waals surface area (Å²) in [6.07, 6.45) is 1.11. The summed E-state index contributed by atoms with van der Waals surface area (Å²) in [7, 11) is -1.40. The molecule has 0 radical (unpaired) electrons. The maximum absolute atomic E-state index is 16.0. The summed E-state index contributed by atoms with van der Waals surface area (Å²) in [5.74, 6) is -2.49. The SMILES string of the molecule is CCC/C=C(/F)C(OC(=O)c1ccccc1)[C@H]1OC(C)(C)O[C@@H]1CCC([Se]c1ccccc1)c1cc(C)cc(C)c1C(=O)OCC[Si](C)(C)C. The standard InChI is InChI=1S/C41H53FO6SeSi/c1-9-10-21-33(42)37(46-39(43)30-17-13-11-14-18-30)38-34(47-41(4,5)48-38)22-23-35(49-31-19-15-12-16-20-31)32-27-28(2)26-29(3)36(32)40(44)45-24-25-50(6,7)8/h11-21,26-27,34-35,37-38H,9-10,22-25H2,1-8H3/b33-21+/t34-,35?,37?,38+/m1/s1. The molecule has 9 heteroatoms. The Labute approximate surface area is 305 Å². The number of ether oxygens (including phenoxy) is 4. The molecule has 6 nitrogen and oxygen atoms in total. The van der Waals surface area contributed by atoms with Crippen LogP contribution in [-0.2, 0) is 18.9 Å². The number of aryl methyl sites for hydroxylation is 2. The number of rotatable bonds is 16.